The van der Waals surface area contributed by atoms with Gasteiger partial charge in [-0.25, -0.2) is 4.68 Å². The van der Waals surface area contributed by atoms with Crippen LogP contribution >= 0.6 is 0 Å². The molecule has 7 nitrogen and oxygen atoms in total. The van der Waals surface area contributed by atoms with Crippen molar-refractivity contribution in [2.24, 2.45) is 5.92 Å². The second-order valence-corrected chi connectivity index (χ2v) is 4.54. The summed E-state index contributed by atoms with van der Waals surface area (Å²) in [6.07, 6.45) is 1.96. The number of carbonyl (C=O) groups excluding carboxylic acids is 1. The lowest BCUT2D eigenvalue weighted by Crippen LogP contribution is -2.32. The fourth-order valence-corrected chi connectivity index (χ4v) is 1.79. The van der Waals surface area contributed by atoms with Crippen LogP contribution in [0.3, 0.4) is 0 Å². The van der Waals surface area contributed by atoms with Gasteiger partial charge in [-0.15, -0.1) is 5.10 Å². The Morgan fingerprint density at radius 2 is 2.05 bits per heavy atom. The maximum atomic E-state index is 11.9. The minimum atomic E-state index is -0.925. The summed E-state index contributed by atoms with van der Waals surface area (Å²) in [6.45, 7) is 1.83. The van der Waals surface area contributed by atoms with Crippen LogP contribution in [-0.2, 0) is 4.79 Å². The summed E-state index contributed by atoms with van der Waals surface area (Å²) in [5.41, 5.74) is 0.945. The van der Waals surface area contributed by atoms with Crippen molar-refractivity contribution in [3.8, 4) is 5.69 Å². The van der Waals surface area contributed by atoms with Crippen LogP contribution in [0.5, 0.6) is 0 Å². The van der Waals surface area contributed by atoms with Crippen molar-refractivity contribution in [1.29, 1.82) is 0 Å². The summed E-state index contributed by atoms with van der Waals surface area (Å²) >= 11 is 0. The van der Waals surface area contributed by atoms with Gasteiger partial charge in [0.05, 0.1) is 17.8 Å². The van der Waals surface area contributed by atoms with Gasteiger partial charge in [0.25, 0.3) is 5.91 Å². The number of rotatable bonds is 6. The molecule has 1 atom stereocenters. The number of amides is 1. The van der Waals surface area contributed by atoms with Crippen molar-refractivity contribution in [2.45, 2.75) is 13.3 Å². The topological polar surface area (TPSA) is 97.1 Å². The maximum absolute atomic E-state index is 11.9. The number of benzene rings is 1. The van der Waals surface area contributed by atoms with Gasteiger partial charge in [-0.2, -0.15) is 0 Å². The largest absolute Gasteiger partial charge is 0.481 e. The highest BCUT2D eigenvalue weighted by Gasteiger charge is 2.18. The fraction of sp³-hybridized carbons (Fsp3) is 0.286. The summed E-state index contributed by atoms with van der Waals surface area (Å²) < 4.78 is 1.49. The Hall–Kier alpha value is -2.70. The van der Waals surface area contributed by atoms with Gasteiger partial charge in [0, 0.05) is 6.54 Å². The summed E-state index contributed by atoms with van der Waals surface area (Å²) in [6, 6.07) is 9.28. The van der Waals surface area contributed by atoms with Crippen LogP contribution in [0, 0.1) is 5.92 Å². The third-order valence-electron chi connectivity index (χ3n) is 3.10. The Balaban J connectivity index is 2.01. The molecular formula is C14H16N4O3. The van der Waals surface area contributed by atoms with Crippen LogP contribution in [0.1, 0.15) is 23.8 Å². The Labute approximate surface area is 121 Å². The molecule has 110 valence electrons. The number of hydrogen-bond donors (Lipinski definition) is 2. The zero-order valence-corrected chi connectivity index (χ0v) is 11.6. The first kappa shape index (κ1) is 14.7. The lowest BCUT2D eigenvalue weighted by atomic mass is 10.1. The highest BCUT2D eigenvalue weighted by Crippen LogP contribution is 2.06. The molecule has 1 amide bonds. The van der Waals surface area contributed by atoms with E-state index in [1.54, 1.807) is 6.92 Å². The first-order chi connectivity index (χ1) is 10.1. The number of para-hydroxylation sites is 1. The quantitative estimate of drug-likeness (QED) is 0.829. The molecule has 7 heteroatoms. The molecule has 0 spiro atoms. The predicted molar refractivity (Wildman–Crippen MR) is 75.1 cm³/mol. The fourth-order valence-electron chi connectivity index (χ4n) is 1.79. The number of carboxylic acid groups (broad SMARTS) is 1. The Bertz CT molecular complexity index is 624. The number of nitrogens with one attached hydrogen (secondary N) is 1. The van der Waals surface area contributed by atoms with E-state index < -0.39 is 17.8 Å². The molecule has 2 N–H and O–H groups in total. The lowest BCUT2D eigenvalue weighted by Gasteiger charge is -2.09. The van der Waals surface area contributed by atoms with Crippen molar-refractivity contribution in [3.63, 3.8) is 0 Å². The summed E-state index contributed by atoms with van der Waals surface area (Å²) in [7, 11) is 0. The average molecular weight is 288 g/mol. The second kappa shape index (κ2) is 6.65. The minimum Gasteiger partial charge on any atom is -0.481 e. The molecule has 0 radical (unpaired) electrons. The number of hydrogen-bond acceptors (Lipinski definition) is 4. The van der Waals surface area contributed by atoms with Gasteiger partial charge in [-0.3, -0.25) is 9.59 Å². The number of aromatic nitrogens is 3. The van der Waals surface area contributed by atoms with Crippen LogP contribution in [-0.4, -0.2) is 38.5 Å². The van der Waals surface area contributed by atoms with Gasteiger partial charge >= 0.3 is 5.97 Å². The SMILES string of the molecule is CCC(CNC(=O)c1cn(-c2ccccc2)nn1)C(=O)O. The molecule has 0 aliphatic heterocycles. The third kappa shape index (κ3) is 3.65. The van der Waals surface area contributed by atoms with E-state index in [0.717, 1.165) is 5.69 Å². The zero-order chi connectivity index (χ0) is 15.2. The molecule has 2 aromatic rings. The molecule has 1 aromatic heterocycles. The Morgan fingerprint density at radius 1 is 1.33 bits per heavy atom. The van der Waals surface area contributed by atoms with E-state index in [0.29, 0.717) is 6.42 Å². The van der Waals surface area contributed by atoms with E-state index >= 15 is 0 Å². The van der Waals surface area contributed by atoms with E-state index in [4.69, 9.17) is 5.11 Å². The molecule has 0 bridgehead atoms. The summed E-state index contributed by atoms with van der Waals surface area (Å²) in [4.78, 5) is 22.8. The van der Waals surface area contributed by atoms with Crippen molar-refractivity contribution in [2.75, 3.05) is 6.54 Å². The summed E-state index contributed by atoms with van der Waals surface area (Å²) in [5.74, 6) is -1.96. The zero-order valence-electron chi connectivity index (χ0n) is 11.6. The molecule has 0 saturated heterocycles. The smallest absolute Gasteiger partial charge is 0.308 e. The van der Waals surface area contributed by atoms with Crippen LogP contribution in [0.25, 0.3) is 5.69 Å². The van der Waals surface area contributed by atoms with Gasteiger partial charge in [0.15, 0.2) is 5.69 Å². The van der Waals surface area contributed by atoms with Crippen LogP contribution in [0.4, 0.5) is 0 Å². The van der Waals surface area contributed by atoms with E-state index in [1.807, 2.05) is 30.3 Å². The Kier molecular flexibility index (Phi) is 4.65. The Morgan fingerprint density at radius 3 is 2.67 bits per heavy atom. The minimum absolute atomic E-state index is 0.0723. The van der Waals surface area contributed by atoms with E-state index in [2.05, 4.69) is 15.6 Å². The average Bonchev–Trinajstić information content (AvgIpc) is 2.98. The molecular weight excluding hydrogens is 272 g/mol. The second-order valence-electron chi connectivity index (χ2n) is 4.54. The number of nitrogens with zero attached hydrogens (tertiary/aromatic N) is 3. The highest BCUT2D eigenvalue weighted by atomic mass is 16.4. The molecule has 0 aliphatic carbocycles. The first-order valence-electron chi connectivity index (χ1n) is 6.60. The van der Waals surface area contributed by atoms with Crippen LogP contribution in [0.15, 0.2) is 36.5 Å². The monoisotopic (exact) mass is 288 g/mol. The van der Waals surface area contributed by atoms with Gasteiger partial charge < -0.3 is 10.4 Å². The van der Waals surface area contributed by atoms with Crippen molar-refractivity contribution in [1.82, 2.24) is 20.3 Å². The van der Waals surface area contributed by atoms with Crippen molar-refractivity contribution in [3.05, 3.63) is 42.2 Å². The van der Waals surface area contributed by atoms with Crippen molar-refractivity contribution >= 4 is 11.9 Å². The van der Waals surface area contributed by atoms with Gasteiger partial charge in [-0.05, 0) is 18.6 Å². The first-order valence-corrected chi connectivity index (χ1v) is 6.60. The lowest BCUT2D eigenvalue weighted by molar-refractivity contribution is -0.141. The number of carboxylic acids is 1. The molecule has 2 rings (SSSR count). The van der Waals surface area contributed by atoms with Gasteiger partial charge in [-0.1, -0.05) is 30.3 Å². The molecule has 21 heavy (non-hydrogen) atoms. The molecule has 0 aliphatic rings. The van der Waals surface area contributed by atoms with Crippen LogP contribution < -0.4 is 5.32 Å². The number of aliphatic carboxylic acids is 1. The van der Waals surface area contributed by atoms with Gasteiger partial charge in [0.1, 0.15) is 0 Å². The van der Waals surface area contributed by atoms with Crippen molar-refractivity contribution < 1.29 is 14.7 Å². The number of carbonyl (C=O) groups is 2. The van der Waals surface area contributed by atoms with Gasteiger partial charge in [0.2, 0.25) is 0 Å². The normalized spacial score (nSPS) is 11.9. The molecule has 1 unspecified atom stereocenters. The summed E-state index contributed by atoms with van der Waals surface area (Å²) in [5, 5.41) is 19.2. The standard InChI is InChI=1S/C14H16N4O3/c1-2-10(14(20)21)8-15-13(19)12-9-18(17-16-12)11-6-4-3-5-7-11/h3-7,9-10H,2,8H2,1H3,(H,15,19)(H,20,21). The third-order valence-corrected chi connectivity index (χ3v) is 3.10. The van der Waals surface area contributed by atoms with Crippen LogP contribution in [0.2, 0.25) is 0 Å². The highest BCUT2D eigenvalue weighted by molar-refractivity contribution is 5.92. The van der Waals surface area contributed by atoms with E-state index in [-0.39, 0.29) is 12.2 Å². The van der Waals surface area contributed by atoms with E-state index in [1.165, 1.54) is 10.9 Å². The molecule has 0 saturated carbocycles. The molecule has 0 fully saturated rings. The predicted octanol–water partition coefficient (Wildman–Crippen LogP) is 1.11. The molecule has 1 aromatic carbocycles. The van der Waals surface area contributed by atoms with E-state index in [9.17, 15) is 9.59 Å². The molecule has 1 heterocycles. The maximum Gasteiger partial charge on any atom is 0.308 e.